The number of carbonyl (C=O) groups is 2. The van der Waals surface area contributed by atoms with Crippen LogP contribution >= 0.6 is 22.6 Å². The van der Waals surface area contributed by atoms with Gasteiger partial charge in [0.2, 0.25) is 0 Å². The second-order valence-electron chi connectivity index (χ2n) is 5.79. The molecular formula is C19H19IN2O4. The first-order valence-corrected chi connectivity index (χ1v) is 9.28. The van der Waals surface area contributed by atoms with E-state index in [0.717, 1.165) is 9.32 Å². The van der Waals surface area contributed by atoms with Crippen molar-refractivity contribution in [1.82, 2.24) is 4.90 Å². The van der Waals surface area contributed by atoms with Crippen LogP contribution in [0.25, 0.3) is 0 Å². The third-order valence-electron chi connectivity index (χ3n) is 4.10. The molecule has 6 nitrogen and oxygen atoms in total. The van der Waals surface area contributed by atoms with E-state index >= 15 is 0 Å². The van der Waals surface area contributed by atoms with Crippen molar-refractivity contribution in [3.63, 3.8) is 0 Å². The van der Waals surface area contributed by atoms with Crippen LogP contribution < -0.4 is 10.1 Å². The second-order valence-corrected chi connectivity index (χ2v) is 6.95. The van der Waals surface area contributed by atoms with E-state index < -0.39 is 0 Å². The van der Waals surface area contributed by atoms with Gasteiger partial charge < -0.3 is 19.7 Å². The normalized spacial score (nSPS) is 14.0. The van der Waals surface area contributed by atoms with Gasteiger partial charge in [0.1, 0.15) is 5.75 Å². The fourth-order valence-corrected chi connectivity index (χ4v) is 3.39. The van der Waals surface area contributed by atoms with E-state index in [1.807, 2.05) is 0 Å². The zero-order valence-corrected chi connectivity index (χ0v) is 16.5. The number of nitrogens with zero attached hydrogens (tertiary/aromatic N) is 1. The number of amides is 2. The monoisotopic (exact) mass is 466 g/mol. The number of rotatable bonds is 4. The molecule has 2 aromatic rings. The molecule has 1 saturated heterocycles. The highest BCUT2D eigenvalue weighted by Gasteiger charge is 2.18. The molecule has 3 rings (SSSR count). The number of ether oxygens (including phenoxy) is 2. The van der Waals surface area contributed by atoms with E-state index in [1.54, 1.807) is 54.5 Å². The lowest BCUT2D eigenvalue weighted by molar-refractivity contribution is 0.0303. The molecule has 1 aliphatic heterocycles. The SMILES string of the molecule is COc1ccc(C(=O)Nc2ccc(C(=O)N3CCOCC3)cc2)cc1I. The number of hydrogen-bond donors (Lipinski definition) is 1. The molecule has 0 aliphatic carbocycles. The predicted molar refractivity (Wildman–Crippen MR) is 107 cm³/mol. The van der Waals surface area contributed by atoms with Gasteiger partial charge in [-0.1, -0.05) is 0 Å². The average Bonchev–Trinajstić information content (AvgIpc) is 2.68. The minimum Gasteiger partial charge on any atom is -0.496 e. The van der Waals surface area contributed by atoms with Crippen LogP contribution in [0, 0.1) is 3.57 Å². The first-order chi connectivity index (χ1) is 12.6. The summed E-state index contributed by atoms with van der Waals surface area (Å²) < 4.78 is 11.3. The van der Waals surface area contributed by atoms with Crippen LogP contribution in [0.5, 0.6) is 5.75 Å². The van der Waals surface area contributed by atoms with E-state index in [2.05, 4.69) is 27.9 Å². The number of nitrogens with one attached hydrogen (secondary N) is 1. The maximum Gasteiger partial charge on any atom is 0.255 e. The summed E-state index contributed by atoms with van der Waals surface area (Å²) in [5.74, 6) is 0.502. The Hall–Kier alpha value is -2.13. The third kappa shape index (κ3) is 4.34. The molecule has 0 radical (unpaired) electrons. The summed E-state index contributed by atoms with van der Waals surface area (Å²) in [6.07, 6.45) is 0. The van der Waals surface area contributed by atoms with Gasteiger partial charge in [0.15, 0.2) is 0 Å². The van der Waals surface area contributed by atoms with Crippen molar-refractivity contribution in [2.45, 2.75) is 0 Å². The van der Waals surface area contributed by atoms with Crippen LogP contribution in [0.3, 0.4) is 0 Å². The van der Waals surface area contributed by atoms with Gasteiger partial charge >= 0.3 is 0 Å². The first-order valence-electron chi connectivity index (χ1n) is 8.20. The van der Waals surface area contributed by atoms with Crippen LogP contribution in [0.4, 0.5) is 5.69 Å². The number of morpholine rings is 1. The number of hydrogen-bond acceptors (Lipinski definition) is 4. The Kier molecular flexibility index (Phi) is 6.10. The molecule has 2 aromatic carbocycles. The first kappa shape index (κ1) is 18.7. The van der Waals surface area contributed by atoms with Gasteiger partial charge in [-0.3, -0.25) is 9.59 Å². The Morgan fingerprint density at radius 2 is 1.73 bits per heavy atom. The molecular weight excluding hydrogens is 447 g/mol. The molecule has 136 valence electrons. The smallest absolute Gasteiger partial charge is 0.255 e. The summed E-state index contributed by atoms with van der Waals surface area (Å²) in [6, 6.07) is 12.2. The van der Waals surface area contributed by atoms with Gasteiger partial charge in [-0.2, -0.15) is 0 Å². The summed E-state index contributed by atoms with van der Waals surface area (Å²) in [7, 11) is 1.59. The van der Waals surface area contributed by atoms with Gasteiger partial charge in [-0.15, -0.1) is 0 Å². The molecule has 2 amide bonds. The molecule has 0 saturated carbocycles. The molecule has 1 fully saturated rings. The fraction of sp³-hybridized carbons (Fsp3) is 0.263. The zero-order valence-electron chi connectivity index (χ0n) is 14.3. The Morgan fingerprint density at radius 3 is 2.35 bits per heavy atom. The summed E-state index contributed by atoms with van der Waals surface area (Å²) in [6.45, 7) is 2.35. The van der Waals surface area contributed by atoms with E-state index in [-0.39, 0.29) is 11.8 Å². The summed E-state index contributed by atoms with van der Waals surface area (Å²) >= 11 is 2.13. The summed E-state index contributed by atoms with van der Waals surface area (Å²) in [5, 5.41) is 2.84. The lowest BCUT2D eigenvalue weighted by Crippen LogP contribution is -2.40. The van der Waals surface area contributed by atoms with Crippen LogP contribution in [0.15, 0.2) is 42.5 Å². The Balaban J connectivity index is 1.66. The lowest BCUT2D eigenvalue weighted by atomic mass is 10.1. The zero-order chi connectivity index (χ0) is 18.5. The third-order valence-corrected chi connectivity index (χ3v) is 4.95. The highest BCUT2D eigenvalue weighted by molar-refractivity contribution is 14.1. The molecule has 1 aliphatic rings. The van der Waals surface area contributed by atoms with Crippen molar-refractivity contribution < 1.29 is 19.1 Å². The Labute approximate surface area is 165 Å². The highest BCUT2D eigenvalue weighted by atomic mass is 127. The largest absolute Gasteiger partial charge is 0.496 e. The van der Waals surface area contributed by atoms with E-state index in [1.165, 1.54) is 0 Å². The highest BCUT2D eigenvalue weighted by Crippen LogP contribution is 2.22. The van der Waals surface area contributed by atoms with Gasteiger partial charge in [-0.25, -0.2) is 0 Å². The predicted octanol–water partition coefficient (Wildman–Crippen LogP) is 3.02. The molecule has 1 heterocycles. The van der Waals surface area contributed by atoms with Crippen LogP contribution in [0.1, 0.15) is 20.7 Å². The molecule has 26 heavy (non-hydrogen) atoms. The van der Waals surface area contributed by atoms with Gasteiger partial charge in [0, 0.05) is 29.9 Å². The van der Waals surface area contributed by atoms with Crippen molar-refractivity contribution >= 4 is 40.1 Å². The maximum absolute atomic E-state index is 12.4. The maximum atomic E-state index is 12.4. The number of benzene rings is 2. The van der Waals surface area contributed by atoms with Crippen molar-refractivity contribution in [2.75, 3.05) is 38.7 Å². The molecule has 7 heteroatoms. The molecule has 0 unspecified atom stereocenters. The fourth-order valence-electron chi connectivity index (χ4n) is 2.66. The Morgan fingerprint density at radius 1 is 1.08 bits per heavy atom. The number of methoxy groups -OCH3 is 1. The van der Waals surface area contributed by atoms with E-state index in [9.17, 15) is 9.59 Å². The summed E-state index contributed by atoms with van der Waals surface area (Å²) in [5.41, 5.74) is 1.78. The van der Waals surface area contributed by atoms with Gasteiger partial charge in [0.25, 0.3) is 11.8 Å². The van der Waals surface area contributed by atoms with Crippen molar-refractivity contribution in [3.05, 3.63) is 57.2 Å². The quantitative estimate of drug-likeness (QED) is 0.704. The Bertz CT molecular complexity index is 802. The topological polar surface area (TPSA) is 67.9 Å². The van der Waals surface area contributed by atoms with Gasteiger partial charge in [0.05, 0.1) is 23.9 Å². The lowest BCUT2D eigenvalue weighted by Gasteiger charge is -2.26. The van der Waals surface area contributed by atoms with Crippen molar-refractivity contribution in [2.24, 2.45) is 0 Å². The van der Waals surface area contributed by atoms with Crippen LogP contribution in [-0.4, -0.2) is 50.1 Å². The van der Waals surface area contributed by atoms with E-state index in [0.29, 0.717) is 43.1 Å². The van der Waals surface area contributed by atoms with Crippen molar-refractivity contribution in [3.8, 4) is 5.75 Å². The molecule has 1 N–H and O–H groups in total. The van der Waals surface area contributed by atoms with Crippen LogP contribution in [0.2, 0.25) is 0 Å². The van der Waals surface area contributed by atoms with Gasteiger partial charge in [-0.05, 0) is 65.1 Å². The van der Waals surface area contributed by atoms with Crippen LogP contribution in [-0.2, 0) is 4.74 Å². The standard InChI is InChI=1S/C19H19IN2O4/c1-25-17-7-4-14(12-16(17)20)18(23)21-15-5-2-13(3-6-15)19(24)22-8-10-26-11-9-22/h2-7,12H,8-11H2,1H3,(H,21,23). The number of carbonyl (C=O) groups excluding carboxylic acids is 2. The summed E-state index contributed by atoms with van der Waals surface area (Å²) in [4.78, 5) is 26.6. The molecule has 0 spiro atoms. The average molecular weight is 466 g/mol. The molecule has 0 bridgehead atoms. The minimum absolute atomic E-state index is 0.0177. The minimum atomic E-state index is -0.210. The number of halogens is 1. The molecule has 0 atom stereocenters. The van der Waals surface area contributed by atoms with E-state index in [4.69, 9.17) is 9.47 Å². The number of anilines is 1. The molecule has 0 aromatic heterocycles. The van der Waals surface area contributed by atoms with Crippen molar-refractivity contribution in [1.29, 1.82) is 0 Å². The second kappa shape index (κ2) is 8.50.